The lowest BCUT2D eigenvalue weighted by Crippen LogP contribution is -2.16. The van der Waals surface area contributed by atoms with Crippen LogP contribution in [0.4, 0.5) is 17.6 Å². The Kier molecular flexibility index (Phi) is 4.28. The Bertz CT molecular complexity index is 461. The molecule has 1 aromatic carbocycles. The van der Waals surface area contributed by atoms with Crippen LogP contribution in [0.1, 0.15) is 35.2 Å². The number of hydrogen-bond acceptors (Lipinski definition) is 2. The number of carboxylic acid groups (broad SMARTS) is 1. The fourth-order valence-electron chi connectivity index (χ4n) is 1.66. The highest BCUT2D eigenvalue weighted by atomic mass is 19.2. The predicted molar refractivity (Wildman–Crippen MR) is 55.3 cm³/mol. The van der Waals surface area contributed by atoms with Crippen LogP contribution in [0.25, 0.3) is 0 Å². The molecule has 0 aliphatic carbocycles. The third-order valence-electron chi connectivity index (χ3n) is 2.60. The molecule has 0 aliphatic rings. The third kappa shape index (κ3) is 2.31. The van der Waals surface area contributed by atoms with Crippen LogP contribution in [0.2, 0.25) is 0 Å². The Morgan fingerprint density at radius 3 is 1.94 bits per heavy atom. The average molecular weight is 265 g/mol. The minimum absolute atomic E-state index is 0.0734. The number of benzene rings is 1. The van der Waals surface area contributed by atoms with Crippen LogP contribution in [0, 0.1) is 23.3 Å². The smallest absolute Gasteiger partial charge is 0.341 e. The number of rotatable bonds is 4. The van der Waals surface area contributed by atoms with Crippen molar-refractivity contribution in [1.29, 1.82) is 0 Å². The molecule has 1 rings (SSSR count). The van der Waals surface area contributed by atoms with Gasteiger partial charge in [0.1, 0.15) is 5.56 Å². The van der Waals surface area contributed by atoms with E-state index < -0.39 is 46.3 Å². The number of nitrogens with two attached hydrogens (primary N) is 1. The van der Waals surface area contributed by atoms with Gasteiger partial charge in [-0.3, -0.25) is 0 Å². The van der Waals surface area contributed by atoms with Gasteiger partial charge in [-0.05, 0) is 18.9 Å². The van der Waals surface area contributed by atoms with Crippen LogP contribution >= 0.6 is 0 Å². The summed E-state index contributed by atoms with van der Waals surface area (Å²) in [4.78, 5) is 10.5. The summed E-state index contributed by atoms with van der Waals surface area (Å²) in [7, 11) is 0. The SMILES string of the molecule is CC(CCN)c1c(F)c(F)c(C(=O)O)c(F)c1F. The first-order valence-electron chi connectivity index (χ1n) is 5.12. The number of carboxylic acids is 1. The van der Waals surface area contributed by atoms with Crippen LogP contribution in [-0.4, -0.2) is 17.6 Å². The maximum absolute atomic E-state index is 13.6. The minimum atomic E-state index is -2.07. The van der Waals surface area contributed by atoms with Crippen molar-refractivity contribution < 1.29 is 27.5 Å². The minimum Gasteiger partial charge on any atom is -0.477 e. The van der Waals surface area contributed by atoms with Crippen LogP contribution in [0.5, 0.6) is 0 Å². The van der Waals surface area contributed by atoms with Crippen molar-refractivity contribution in [2.24, 2.45) is 5.73 Å². The van der Waals surface area contributed by atoms with Gasteiger partial charge < -0.3 is 10.8 Å². The van der Waals surface area contributed by atoms with Gasteiger partial charge in [-0.25, -0.2) is 22.4 Å². The standard InChI is InChI=1S/C11H11F4NO2/c1-4(2-3-16)5-7(12)9(14)6(11(17)18)10(15)8(5)13/h4H,2-3,16H2,1H3,(H,17,18). The monoisotopic (exact) mass is 265 g/mol. The molecule has 0 fully saturated rings. The molecule has 0 saturated carbocycles. The van der Waals surface area contributed by atoms with E-state index in [1.165, 1.54) is 6.92 Å². The second-order valence-electron chi connectivity index (χ2n) is 3.83. The molecule has 3 N–H and O–H groups in total. The first kappa shape index (κ1) is 14.4. The molecule has 0 amide bonds. The first-order chi connectivity index (χ1) is 8.32. The summed E-state index contributed by atoms with van der Waals surface area (Å²) in [5.41, 5.74) is 2.74. The molecule has 0 bridgehead atoms. The Morgan fingerprint density at radius 2 is 1.61 bits per heavy atom. The van der Waals surface area contributed by atoms with Crippen LogP contribution in [0.3, 0.4) is 0 Å². The molecule has 1 atom stereocenters. The van der Waals surface area contributed by atoms with Crippen molar-refractivity contribution in [1.82, 2.24) is 0 Å². The van der Waals surface area contributed by atoms with Crippen molar-refractivity contribution in [2.75, 3.05) is 6.54 Å². The van der Waals surface area contributed by atoms with E-state index in [-0.39, 0.29) is 13.0 Å². The van der Waals surface area contributed by atoms with Gasteiger partial charge in [0.15, 0.2) is 23.3 Å². The largest absolute Gasteiger partial charge is 0.477 e. The van der Waals surface area contributed by atoms with Gasteiger partial charge in [-0.2, -0.15) is 0 Å². The van der Waals surface area contributed by atoms with E-state index in [1.54, 1.807) is 0 Å². The maximum Gasteiger partial charge on any atom is 0.341 e. The fourth-order valence-corrected chi connectivity index (χ4v) is 1.66. The van der Waals surface area contributed by atoms with E-state index in [0.29, 0.717) is 0 Å². The first-order valence-corrected chi connectivity index (χ1v) is 5.12. The Balaban J connectivity index is 3.53. The number of halogens is 4. The second-order valence-corrected chi connectivity index (χ2v) is 3.83. The molecule has 1 aromatic rings. The molecule has 0 aliphatic heterocycles. The van der Waals surface area contributed by atoms with E-state index in [0.717, 1.165) is 0 Å². The van der Waals surface area contributed by atoms with Crippen molar-refractivity contribution in [3.8, 4) is 0 Å². The number of carbonyl (C=O) groups is 1. The lowest BCUT2D eigenvalue weighted by Gasteiger charge is -2.15. The lowest BCUT2D eigenvalue weighted by molar-refractivity contribution is 0.0683. The zero-order chi connectivity index (χ0) is 14.0. The quantitative estimate of drug-likeness (QED) is 0.649. The molecule has 0 heterocycles. The maximum atomic E-state index is 13.6. The summed E-state index contributed by atoms with van der Waals surface area (Å²) < 4.78 is 53.8. The molecule has 0 saturated heterocycles. The van der Waals surface area contributed by atoms with Crippen molar-refractivity contribution in [3.05, 3.63) is 34.4 Å². The molecule has 0 spiro atoms. The highest BCUT2D eigenvalue weighted by molar-refractivity contribution is 5.88. The van der Waals surface area contributed by atoms with Gasteiger partial charge in [-0.1, -0.05) is 6.92 Å². The number of aromatic carboxylic acids is 1. The normalized spacial score (nSPS) is 12.6. The molecule has 3 nitrogen and oxygen atoms in total. The summed E-state index contributed by atoms with van der Waals surface area (Å²) in [6.45, 7) is 1.41. The van der Waals surface area contributed by atoms with Crippen LogP contribution < -0.4 is 5.73 Å². The van der Waals surface area contributed by atoms with Crippen molar-refractivity contribution >= 4 is 5.97 Å². The van der Waals surface area contributed by atoms with Crippen LogP contribution in [-0.2, 0) is 0 Å². The van der Waals surface area contributed by atoms with Gasteiger partial charge in [0.25, 0.3) is 0 Å². The van der Waals surface area contributed by atoms with Gasteiger partial charge >= 0.3 is 5.97 Å². The molecule has 1 unspecified atom stereocenters. The van der Waals surface area contributed by atoms with Crippen molar-refractivity contribution in [2.45, 2.75) is 19.3 Å². The molecule has 7 heteroatoms. The predicted octanol–water partition coefficient (Wildman–Crippen LogP) is 2.39. The summed E-state index contributed by atoms with van der Waals surface area (Å²) in [5.74, 6) is -10.1. The zero-order valence-electron chi connectivity index (χ0n) is 9.44. The highest BCUT2D eigenvalue weighted by Gasteiger charge is 2.30. The topological polar surface area (TPSA) is 63.3 Å². The molecular formula is C11H11F4NO2. The zero-order valence-corrected chi connectivity index (χ0v) is 9.44. The van der Waals surface area contributed by atoms with E-state index >= 15 is 0 Å². The van der Waals surface area contributed by atoms with Gasteiger partial charge in [0.05, 0.1) is 0 Å². The second kappa shape index (κ2) is 5.34. The lowest BCUT2D eigenvalue weighted by atomic mass is 9.94. The summed E-state index contributed by atoms with van der Waals surface area (Å²) in [5, 5.41) is 8.49. The average Bonchev–Trinajstić information content (AvgIpc) is 2.27. The highest BCUT2D eigenvalue weighted by Crippen LogP contribution is 2.30. The van der Waals surface area contributed by atoms with Gasteiger partial charge in [0, 0.05) is 5.56 Å². The Morgan fingerprint density at radius 1 is 1.17 bits per heavy atom. The van der Waals surface area contributed by atoms with E-state index in [2.05, 4.69) is 0 Å². The molecule has 0 radical (unpaired) electrons. The molecule has 0 aromatic heterocycles. The molecule has 100 valence electrons. The Labute approximate surface area is 100 Å². The fraction of sp³-hybridized carbons (Fsp3) is 0.364. The third-order valence-corrected chi connectivity index (χ3v) is 2.60. The summed E-state index contributed by atoms with van der Waals surface area (Å²) in [6.07, 6.45) is 0.110. The van der Waals surface area contributed by atoms with Crippen molar-refractivity contribution in [3.63, 3.8) is 0 Å². The summed E-state index contributed by atoms with van der Waals surface area (Å²) in [6, 6.07) is 0. The molecular weight excluding hydrogens is 254 g/mol. The molecule has 18 heavy (non-hydrogen) atoms. The van der Waals surface area contributed by atoms with Gasteiger partial charge in [-0.15, -0.1) is 0 Å². The summed E-state index contributed by atoms with van der Waals surface area (Å²) >= 11 is 0. The Hall–Kier alpha value is -1.63. The number of hydrogen-bond donors (Lipinski definition) is 2. The van der Waals surface area contributed by atoms with Crippen LogP contribution in [0.15, 0.2) is 0 Å². The van der Waals surface area contributed by atoms with E-state index in [1.807, 2.05) is 0 Å². The van der Waals surface area contributed by atoms with Gasteiger partial charge in [0.2, 0.25) is 0 Å². The van der Waals surface area contributed by atoms with E-state index in [4.69, 9.17) is 10.8 Å². The van der Waals surface area contributed by atoms with E-state index in [9.17, 15) is 22.4 Å².